The minimum absolute atomic E-state index is 0.102. The van der Waals surface area contributed by atoms with Crippen LogP contribution in [0.25, 0.3) is 0 Å². The monoisotopic (exact) mass is 361 g/mol. The summed E-state index contributed by atoms with van der Waals surface area (Å²) in [6, 6.07) is 9.29. The van der Waals surface area contributed by atoms with Crippen LogP contribution in [-0.4, -0.2) is 20.1 Å². The minimum Gasteiger partial charge on any atom is -0.497 e. The maximum absolute atomic E-state index is 12.6. The maximum atomic E-state index is 12.6. The second kappa shape index (κ2) is 8.77. The van der Waals surface area contributed by atoms with Crippen molar-refractivity contribution in [2.45, 2.75) is 33.1 Å². The van der Waals surface area contributed by atoms with Crippen LogP contribution in [0.5, 0.6) is 11.5 Å². The molecule has 0 unspecified atom stereocenters. The fraction of sp³-hybridized carbons (Fsp3) is 0.350. The first-order valence-electron chi connectivity index (χ1n) is 8.34. The smallest absolute Gasteiger partial charge is 0.228 e. The number of carbonyl (C=O) groups excluding carboxylic acids is 1. The third-order valence-electron chi connectivity index (χ3n) is 4.19. The molecule has 2 aromatic carbocycles. The second-order valence-electron chi connectivity index (χ2n) is 5.67. The molecule has 0 bridgehead atoms. The summed E-state index contributed by atoms with van der Waals surface area (Å²) >= 11 is 6.30. The number of anilines is 1. The van der Waals surface area contributed by atoms with Crippen molar-refractivity contribution in [3.63, 3.8) is 0 Å². The Balaban J connectivity index is 2.25. The van der Waals surface area contributed by atoms with E-state index in [-0.39, 0.29) is 12.3 Å². The van der Waals surface area contributed by atoms with Crippen LogP contribution in [0.15, 0.2) is 30.3 Å². The summed E-state index contributed by atoms with van der Waals surface area (Å²) in [7, 11) is 3.18. The summed E-state index contributed by atoms with van der Waals surface area (Å²) in [6.07, 6.45) is 1.80. The molecule has 25 heavy (non-hydrogen) atoms. The van der Waals surface area contributed by atoms with Gasteiger partial charge in [0.1, 0.15) is 11.5 Å². The molecule has 0 heterocycles. The highest BCUT2D eigenvalue weighted by molar-refractivity contribution is 6.32. The van der Waals surface area contributed by atoms with Gasteiger partial charge in [-0.3, -0.25) is 4.79 Å². The lowest BCUT2D eigenvalue weighted by Gasteiger charge is -2.16. The Hall–Kier alpha value is -2.20. The topological polar surface area (TPSA) is 47.6 Å². The molecule has 2 rings (SSSR count). The Morgan fingerprint density at radius 1 is 1.04 bits per heavy atom. The van der Waals surface area contributed by atoms with Crippen LogP contribution >= 0.6 is 11.6 Å². The maximum Gasteiger partial charge on any atom is 0.228 e. The van der Waals surface area contributed by atoms with E-state index in [2.05, 4.69) is 12.2 Å². The van der Waals surface area contributed by atoms with E-state index in [0.29, 0.717) is 16.5 Å². The van der Waals surface area contributed by atoms with Crippen molar-refractivity contribution in [1.29, 1.82) is 0 Å². The number of rotatable bonds is 7. The lowest BCUT2D eigenvalue weighted by molar-refractivity contribution is -0.115. The molecule has 0 aliphatic rings. The van der Waals surface area contributed by atoms with E-state index in [9.17, 15) is 4.79 Å². The molecule has 5 heteroatoms. The van der Waals surface area contributed by atoms with Crippen LogP contribution in [0.4, 0.5) is 5.69 Å². The van der Waals surface area contributed by atoms with E-state index in [1.54, 1.807) is 20.3 Å². The number of aryl methyl sites for hydroxylation is 1. The molecule has 0 fully saturated rings. The Bertz CT molecular complexity index is 759. The fourth-order valence-corrected chi connectivity index (χ4v) is 3.11. The molecule has 1 amide bonds. The van der Waals surface area contributed by atoms with E-state index in [1.807, 2.05) is 31.2 Å². The number of halogens is 1. The molecule has 0 aromatic heterocycles. The van der Waals surface area contributed by atoms with Crippen molar-refractivity contribution >= 4 is 23.2 Å². The molecule has 1 N–H and O–H groups in total. The lowest BCUT2D eigenvalue weighted by atomic mass is 10.0. The van der Waals surface area contributed by atoms with Crippen molar-refractivity contribution in [3.05, 3.63) is 52.0 Å². The third kappa shape index (κ3) is 4.45. The normalized spacial score (nSPS) is 10.4. The van der Waals surface area contributed by atoms with E-state index in [4.69, 9.17) is 21.1 Å². The van der Waals surface area contributed by atoms with Crippen LogP contribution in [-0.2, 0) is 24.1 Å². The van der Waals surface area contributed by atoms with Gasteiger partial charge in [0.05, 0.1) is 20.6 Å². The molecule has 0 aliphatic heterocycles. The van der Waals surface area contributed by atoms with Crippen LogP contribution in [0, 0.1) is 0 Å². The molecular formula is C20H24ClNO3. The quantitative estimate of drug-likeness (QED) is 0.780. The van der Waals surface area contributed by atoms with Gasteiger partial charge >= 0.3 is 0 Å². The van der Waals surface area contributed by atoms with Gasteiger partial charge in [-0.25, -0.2) is 0 Å². The van der Waals surface area contributed by atoms with Gasteiger partial charge < -0.3 is 14.8 Å². The van der Waals surface area contributed by atoms with Gasteiger partial charge in [-0.15, -0.1) is 0 Å². The molecule has 4 nitrogen and oxygen atoms in total. The van der Waals surface area contributed by atoms with E-state index < -0.39 is 0 Å². The predicted molar refractivity (Wildman–Crippen MR) is 102 cm³/mol. The summed E-state index contributed by atoms with van der Waals surface area (Å²) in [5.41, 5.74) is 3.68. The zero-order valence-corrected chi connectivity index (χ0v) is 15.9. The minimum atomic E-state index is -0.102. The van der Waals surface area contributed by atoms with E-state index >= 15 is 0 Å². The van der Waals surface area contributed by atoms with Crippen molar-refractivity contribution in [3.8, 4) is 11.5 Å². The first-order chi connectivity index (χ1) is 12.0. The van der Waals surface area contributed by atoms with Gasteiger partial charge in [-0.1, -0.05) is 37.6 Å². The van der Waals surface area contributed by atoms with Gasteiger partial charge in [0.15, 0.2) is 0 Å². The molecule has 0 saturated heterocycles. The van der Waals surface area contributed by atoms with Gasteiger partial charge in [0.2, 0.25) is 5.91 Å². The van der Waals surface area contributed by atoms with E-state index in [1.165, 1.54) is 0 Å². The zero-order chi connectivity index (χ0) is 18.4. The predicted octanol–water partition coefficient (Wildman–Crippen LogP) is 4.66. The Morgan fingerprint density at radius 2 is 1.76 bits per heavy atom. The number of amides is 1. The molecule has 0 aliphatic carbocycles. The number of carbonyl (C=O) groups is 1. The van der Waals surface area contributed by atoms with Gasteiger partial charge in [0, 0.05) is 22.3 Å². The van der Waals surface area contributed by atoms with Crippen molar-refractivity contribution in [2.75, 3.05) is 19.5 Å². The zero-order valence-electron chi connectivity index (χ0n) is 15.1. The first-order valence-corrected chi connectivity index (χ1v) is 8.72. The highest BCUT2D eigenvalue weighted by atomic mass is 35.5. The average Bonchev–Trinajstić information content (AvgIpc) is 2.62. The average molecular weight is 362 g/mol. The van der Waals surface area contributed by atoms with Crippen molar-refractivity contribution < 1.29 is 14.3 Å². The van der Waals surface area contributed by atoms with Gasteiger partial charge in [-0.05, 0) is 36.1 Å². The third-order valence-corrected chi connectivity index (χ3v) is 4.54. The number of hydrogen-bond donors (Lipinski definition) is 1. The molecule has 0 radical (unpaired) electrons. The summed E-state index contributed by atoms with van der Waals surface area (Å²) in [6.45, 7) is 4.09. The van der Waals surface area contributed by atoms with Crippen LogP contribution in [0.3, 0.4) is 0 Å². The number of ether oxygens (including phenoxy) is 2. The Labute approximate surface area is 154 Å². The summed E-state index contributed by atoms with van der Waals surface area (Å²) in [5.74, 6) is 1.22. The molecule has 0 atom stereocenters. The fourth-order valence-electron chi connectivity index (χ4n) is 2.82. The van der Waals surface area contributed by atoms with Crippen LogP contribution < -0.4 is 14.8 Å². The Kier molecular flexibility index (Phi) is 6.71. The summed E-state index contributed by atoms with van der Waals surface area (Å²) in [5, 5.41) is 3.72. The van der Waals surface area contributed by atoms with Crippen molar-refractivity contribution in [2.24, 2.45) is 0 Å². The molecule has 0 saturated carbocycles. The highest BCUT2D eigenvalue weighted by Gasteiger charge is 2.15. The van der Waals surface area contributed by atoms with Crippen LogP contribution in [0.2, 0.25) is 5.02 Å². The van der Waals surface area contributed by atoms with Crippen LogP contribution in [0.1, 0.15) is 30.5 Å². The van der Waals surface area contributed by atoms with E-state index in [0.717, 1.165) is 35.2 Å². The number of nitrogens with one attached hydrogen (secondary N) is 1. The SMILES string of the molecule is CCc1ccc(Cl)c(CC)c1NC(=O)Cc1ccc(OC)cc1OC. The summed E-state index contributed by atoms with van der Waals surface area (Å²) < 4.78 is 10.6. The van der Waals surface area contributed by atoms with Gasteiger partial charge in [-0.2, -0.15) is 0 Å². The molecular weight excluding hydrogens is 338 g/mol. The largest absolute Gasteiger partial charge is 0.497 e. The second-order valence-corrected chi connectivity index (χ2v) is 6.08. The summed E-state index contributed by atoms with van der Waals surface area (Å²) in [4.78, 5) is 12.6. The molecule has 2 aromatic rings. The number of benzene rings is 2. The molecule has 0 spiro atoms. The highest BCUT2D eigenvalue weighted by Crippen LogP contribution is 2.30. The first kappa shape index (κ1) is 19.1. The lowest BCUT2D eigenvalue weighted by Crippen LogP contribution is -2.17. The standard InChI is InChI=1S/C20H24ClNO3/c1-5-13-8-10-17(21)16(6-2)20(13)22-19(23)11-14-7-9-15(24-3)12-18(14)25-4/h7-10,12H,5-6,11H2,1-4H3,(H,22,23). The van der Waals surface area contributed by atoms with Gasteiger partial charge in [0.25, 0.3) is 0 Å². The number of hydrogen-bond acceptors (Lipinski definition) is 3. The van der Waals surface area contributed by atoms with Crippen molar-refractivity contribution in [1.82, 2.24) is 0 Å². The number of methoxy groups -OCH3 is 2. The molecule has 134 valence electrons. The Morgan fingerprint density at radius 3 is 2.36 bits per heavy atom.